The topological polar surface area (TPSA) is 186 Å². The number of nitriles is 1. The number of likely N-dealkylation sites (tertiary alicyclic amines) is 1. The van der Waals surface area contributed by atoms with Crippen LogP contribution in [0.1, 0.15) is 101 Å². The molecular weight excluding hydrogens is 774 g/mol. The molecule has 306 valence electrons. The molecule has 5 aliphatic heterocycles. The molecule has 15 nitrogen and oxygen atoms in total. The molecule has 2 aromatic carbocycles. The Kier molecular flexibility index (Phi) is 10.5. The number of ether oxygens (including phenoxy) is 1. The highest BCUT2D eigenvalue weighted by Crippen LogP contribution is 2.38. The van der Waals surface area contributed by atoms with Gasteiger partial charge >= 0.3 is 0 Å². The average molecular weight is 820 g/mol. The Morgan fingerprint density at radius 1 is 0.797 bits per heavy atom. The van der Waals surface area contributed by atoms with Crippen molar-refractivity contribution in [3.05, 3.63) is 75.9 Å². The first-order valence-electron chi connectivity index (χ1n) is 20.7. The highest BCUT2D eigenvalue weighted by atomic mass is 35.5. The second-order valence-corrected chi connectivity index (χ2v) is 17.1. The van der Waals surface area contributed by atoms with Gasteiger partial charge in [0.15, 0.2) is 11.5 Å². The molecular formula is C43H46ClN9O6. The number of carbonyl (C=O) groups excluding carboxylic acids is 5. The molecule has 1 aliphatic carbocycles. The average Bonchev–Trinajstić information content (AvgIpc) is 3.61. The number of nitrogens with zero attached hydrogens (tertiary/aromatic N) is 8. The van der Waals surface area contributed by atoms with Crippen molar-refractivity contribution >= 4 is 52.6 Å². The molecule has 0 radical (unpaired) electrons. The van der Waals surface area contributed by atoms with E-state index in [9.17, 15) is 24.0 Å². The number of primary amides is 1. The van der Waals surface area contributed by atoms with E-state index in [0.717, 1.165) is 74.8 Å². The van der Waals surface area contributed by atoms with Gasteiger partial charge in [0.05, 0.1) is 27.8 Å². The van der Waals surface area contributed by atoms with Gasteiger partial charge in [0.25, 0.3) is 23.6 Å². The summed E-state index contributed by atoms with van der Waals surface area (Å²) in [6.07, 6.45) is 6.59. The van der Waals surface area contributed by atoms with E-state index in [2.05, 4.69) is 24.9 Å². The minimum absolute atomic E-state index is 0.0717. The number of fused-ring (bicyclic) bond motifs is 3. The maximum Gasteiger partial charge on any atom is 0.269 e. The van der Waals surface area contributed by atoms with E-state index >= 15 is 0 Å². The predicted octanol–water partition coefficient (Wildman–Crippen LogP) is 4.17. The van der Waals surface area contributed by atoms with Crippen molar-refractivity contribution in [1.29, 1.82) is 5.26 Å². The number of rotatable bonds is 9. The third-order valence-corrected chi connectivity index (χ3v) is 13.6. The summed E-state index contributed by atoms with van der Waals surface area (Å²) < 4.78 is 6.12. The maximum atomic E-state index is 14.1. The summed E-state index contributed by atoms with van der Waals surface area (Å²) in [5.41, 5.74) is 7.34. The van der Waals surface area contributed by atoms with Gasteiger partial charge in [-0.25, -0.2) is 0 Å². The summed E-state index contributed by atoms with van der Waals surface area (Å²) in [5.74, 6) is -0.466. The molecule has 59 heavy (non-hydrogen) atoms. The van der Waals surface area contributed by atoms with Crippen LogP contribution in [0.3, 0.4) is 0 Å². The van der Waals surface area contributed by atoms with Crippen LogP contribution in [0.15, 0.2) is 48.5 Å². The zero-order valence-electron chi connectivity index (χ0n) is 32.7. The highest BCUT2D eigenvalue weighted by Gasteiger charge is 2.49. The second-order valence-electron chi connectivity index (χ2n) is 16.7. The fourth-order valence-electron chi connectivity index (χ4n) is 10.2. The summed E-state index contributed by atoms with van der Waals surface area (Å²) in [5, 5.41) is 17.7. The van der Waals surface area contributed by atoms with Crippen molar-refractivity contribution in [1.82, 2.24) is 24.9 Å². The lowest BCUT2D eigenvalue weighted by Crippen LogP contribution is -2.59. The summed E-state index contributed by atoms with van der Waals surface area (Å²) in [6, 6.07) is 15.2. The van der Waals surface area contributed by atoms with Gasteiger partial charge < -0.3 is 20.3 Å². The molecule has 1 saturated carbocycles. The third-order valence-electron chi connectivity index (χ3n) is 13.3. The monoisotopic (exact) mass is 819 g/mol. The number of nitrogens with two attached hydrogens (primary N) is 1. The standard InChI is InChI=1S/C43H46ClN9O6/c44-35-20-32(7-1-26(35)21-45)59-31-8-4-27(5-9-31)52-39(54)14-12-37(43(52)58)53-41(56)33-10-6-28(19-34(33)42(53)57)50-23-29-2-3-30(24-50)51(29)22-25-15-17-49(18-16-25)38-13-11-36(40(46)55)47-48-38/h1,6-7,10-11,13,19-20,25,27,29-31,37H,2-5,8-9,12,14-18,22-24H2,(H2,46,55)/t27?,29-,30-,31?,37-/m1/s1. The molecule has 9 rings (SSSR count). The van der Waals surface area contributed by atoms with Crippen molar-refractivity contribution in [2.75, 3.05) is 42.5 Å². The smallest absolute Gasteiger partial charge is 0.269 e. The lowest BCUT2D eigenvalue weighted by Gasteiger charge is -2.44. The Bertz CT molecular complexity index is 2220. The number of aromatic nitrogens is 2. The first kappa shape index (κ1) is 38.9. The van der Waals surface area contributed by atoms with Crippen LogP contribution in [-0.4, -0.2) is 117 Å². The molecule has 0 unspecified atom stereocenters. The fraction of sp³-hybridized carbons (Fsp3) is 0.488. The van der Waals surface area contributed by atoms with Crippen molar-refractivity contribution in [2.24, 2.45) is 11.7 Å². The predicted molar refractivity (Wildman–Crippen MR) is 216 cm³/mol. The number of piperidine rings is 2. The lowest BCUT2D eigenvalue weighted by molar-refractivity contribution is -0.155. The number of hydrogen-bond acceptors (Lipinski definition) is 12. The summed E-state index contributed by atoms with van der Waals surface area (Å²) >= 11 is 6.18. The first-order chi connectivity index (χ1) is 28.6. The molecule has 6 heterocycles. The van der Waals surface area contributed by atoms with Gasteiger partial charge in [-0.1, -0.05) is 11.6 Å². The van der Waals surface area contributed by atoms with E-state index < -0.39 is 29.7 Å². The van der Waals surface area contributed by atoms with E-state index in [1.54, 1.807) is 36.4 Å². The van der Waals surface area contributed by atoms with Crippen LogP contribution >= 0.6 is 11.6 Å². The van der Waals surface area contributed by atoms with Gasteiger partial charge in [-0.2, -0.15) is 5.26 Å². The zero-order chi connectivity index (χ0) is 40.9. The molecule has 5 amide bonds. The van der Waals surface area contributed by atoms with Gasteiger partial charge in [0.1, 0.15) is 17.9 Å². The van der Waals surface area contributed by atoms with Crippen molar-refractivity contribution in [3.63, 3.8) is 0 Å². The normalized spacial score (nSPS) is 26.3. The van der Waals surface area contributed by atoms with Crippen LogP contribution in [-0.2, 0) is 9.59 Å². The summed E-state index contributed by atoms with van der Waals surface area (Å²) in [7, 11) is 0. The number of anilines is 2. The molecule has 6 aliphatic rings. The Hall–Kier alpha value is -5.59. The fourth-order valence-corrected chi connectivity index (χ4v) is 10.4. The van der Waals surface area contributed by atoms with E-state index in [1.807, 2.05) is 18.2 Å². The molecule has 3 aromatic rings. The van der Waals surface area contributed by atoms with Gasteiger partial charge in [-0.05, 0) is 106 Å². The number of benzene rings is 2. The Balaban J connectivity index is 0.804. The van der Waals surface area contributed by atoms with Gasteiger partial charge in [0, 0.05) is 69.0 Å². The van der Waals surface area contributed by atoms with Crippen LogP contribution in [0.5, 0.6) is 5.75 Å². The molecule has 2 bridgehead atoms. The molecule has 0 spiro atoms. The minimum Gasteiger partial charge on any atom is -0.490 e. The van der Waals surface area contributed by atoms with Gasteiger partial charge in [-0.3, -0.25) is 38.7 Å². The highest BCUT2D eigenvalue weighted by molar-refractivity contribution is 6.31. The van der Waals surface area contributed by atoms with E-state index in [0.29, 0.717) is 71.1 Å². The van der Waals surface area contributed by atoms with Crippen LogP contribution in [0.4, 0.5) is 11.5 Å². The van der Waals surface area contributed by atoms with Crippen molar-refractivity contribution in [3.8, 4) is 11.8 Å². The van der Waals surface area contributed by atoms with Crippen LogP contribution in [0.2, 0.25) is 5.02 Å². The van der Waals surface area contributed by atoms with E-state index in [1.165, 1.54) is 4.90 Å². The van der Waals surface area contributed by atoms with Gasteiger partial charge in [-0.15, -0.1) is 10.2 Å². The van der Waals surface area contributed by atoms with E-state index in [4.69, 9.17) is 27.3 Å². The summed E-state index contributed by atoms with van der Waals surface area (Å²) in [4.78, 5) is 76.2. The van der Waals surface area contributed by atoms with Crippen molar-refractivity contribution in [2.45, 2.75) is 94.5 Å². The number of halogens is 1. The quantitative estimate of drug-likeness (QED) is 0.304. The molecule has 3 atom stereocenters. The number of carbonyl (C=O) groups is 5. The largest absolute Gasteiger partial charge is 0.490 e. The SMILES string of the molecule is N#Cc1ccc(OC2CCC(N3C(=O)CC[C@@H](N4C(=O)c5ccc(N6C[C@H]7CC[C@H](C6)N7CC6CCN(c7ccc(C(N)=O)nn7)CC6)cc5C4=O)C3=O)CC2)cc1Cl. The number of imide groups is 2. The summed E-state index contributed by atoms with van der Waals surface area (Å²) in [6.45, 7) is 4.44. The lowest BCUT2D eigenvalue weighted by atomic mass is 9.89. The molecule has 16 heteroatoms. The Morgan fingerprint density at radius 3 is 2.17 bits per heavy atom. The maximum absolute atomic E-state index is 14.1. The van der Waals surface area contributed by atoms with Crippen LogP contribution in [0.25, 0.3) is 0 Å². The first-order valence-corrected chi connectivity index (χ1v) is 21.1. The number of hydrogen-bond donors (Lipinski definition) is 1. The Labute approximate surface area is 347 Å². The second kappa shape index (κ2) is 15.9. The van der Waals surface area contributed by atoms with Gasteiger partial charge in [0.2, 0.25) is 5.91 Å². The van der Waals surface area contributed by atoms with Crippen LogP contribution in [0, 0.1) is 17.2 Å². The molecule has 2 N–H and O–H groups in total. The minimum atomic E-state index is -1.04. The zero-order valence-corrected chi connectivity index (χ0v) is 33.4. The van der Waals surface area contributed by atoms with Crippen LogP contribution < -0.4 is 20.3 Å². The molecule has 5 fully saturated rings. The van der Waals surface area contributed by atoms with E-state index in [-0.39, 0.29) is 36.6 Å². The number of piperazine rings is 1. The third kappa shape index (κ3) is 7.37. The van der Waals surface area contributed by atoms with Crippen molar-refractivity contribution < 1.29 is 28.7 Å². The molecule has 4 saturated heterocycles. The number of amides is 5. The molecule has 1 aromatic heterocycles. The Morgan fingerprint density at radius 2 is 1.51 bits per heavy atom.